The van der Waals surface area contributed by atoms with Crippen molar-refractivity contribution < 1.29 is 27.4 Å². The predicted molar refractivity (Wildman–Crippen MR) is 106 cm³/mol. The first-order valence-electron chi connectivity index (χ1n) is 9.63. The van der Waals surface area contributed by atoms with E-state index < -0.39 is 23.6 Å². The Morgan fingerprint density at radius 3 is 2.67 bits per heavy atom. The predicted octanol–water partition coefficient (Wildman–Crippen LogP) is 5.25. The van der Waals surface area contributed by atoms with Crippen molar-refractivity contribution in [3.05, 3.63) is 53.3 Å². The van der Waals surface area contributed by atoms with E-state index in [1.165, 1.54) is 4.90 Å². The quantitative estimate of drug-likeness (QED) is 0.678. The van der Waals surface area contributed by atoms with Crippen LogP contribution in [0.25, 0.3) is 11.1 Å². The Bertz CT molecular complexity index is 923. The molecular weight excluding hydrogens is 397 g/mol. The third kappa shape index (κ3) is 5.11. The number of pyridine rings is 1. The first-order chi connectivity index (χ1) is 14.0. The number of likely N-dealkylation sites (N-methyl/N-ethyl adjacent to an activating group) is 1. The summed E-state index contributed by atoms with van der Waals surface area (Å²) in [5.74, 6) is -0.116. The van der Waals surface area contributed by atoms with Crippen LogP contribution >= 0.6 is 0 Å². The number of fused-ring (bicyclic) bond motifs is 1. The fourth-order valence-corrected chi connectivity index (χ4v) is 3.46. The van der Waals surface area contributed by atoms with Crippen molar-refractivity contribution in [1.82, 2.24) is 9.88 Å². The fraction of sp³-hybridized carbons (Fsp3) is 0.455. The summed E-state index contributed by atoms with van der Waals surface area (Å²) in [7, 11) is 1.66. The summed E-state index contributed by atoms with van der Waals surface area (Å²) < 4.78 is 50.4. The first kappa shape index (κ1) is 22.1. The van der Waals surface area contributed by atoms with Gasteiger partial charge >= 0.3 is 12.3 Å². The molecule has 0 fully saturated rings. The molecule has 0 spiro atoms. The third-order valence-electron chi connectivity index (χ3n) is 4.78. The largest absolute Gasteiger partial charge is 0.444 e. The zero-order valence-electron chi connectivity index (χ0n) is 17.4. The van der Waals surface area contributed by atoms with E-state index in [9.17, 15) is 18.0 Å². The van der Waals surface area contributed by atoms with E-state index >= 15 is 0 Å². The molecule has 0 saturated carbocycles. The third-order valence-corrected chi connectivity index (χ3v) is 4.78. The van der Waals surface area contributed by atoms with Crippen molar-refractivity contribution in [1.29, 1.82) is 0 Å². The Morgan fingerprint density at radius 2 is 2.00 bits per heavy atom. The van der Waals surface area contributed by atoms with Gasteiger partial charge in [-0.25, -0.2) is 4.79 Å². The second-order valence-electron chi connectivity index (χ2n) is 8.37. The van der Waals surface area contributed by atoms with Gasteiger partial charge in [0.1, 0.15) is 11.3 Å². The number of nitrogens with zero attached hydrogens (tertiary/aromatic N) is 2. The number of ether oxygens (including phenoxy) is 2. The Labute approximate surface area is 173 Å². The summed E-state index contributed by atoms with van der Waals surface area (Å²) in [4.78, 5) is 17.2. The van der Waals surface area contributed by atoms with Gasteiger partial charge in [0, 0.05) is 25.7 Å². The molecule has 2 aromatic rings. The lowest BCUT2D eigenvalue weighted by atomic mass is 9.87. The van der Waals surface area contributed by atoms with E-state index in [0.29, 0.717) is 30.9 Å². The summed E-state index contributed by atoms with van der Waals surface area (Å²) in [5.41, 5.74) is 1.35. The summed E-state index contributed by atoms with van der Waals surface area (Å²) in [6.45, 7) is 6.47. The average molecular weight is 422 g/mol. The molecular formula is C22H25F3N2O3. The van der Waals surface area contributed by atoms with Gasteiger partial charge < -0.3 is 14.4 Å². The first-order valence-corrected chi connectivity index (χ1v) is 9.63. The highest BCUT2D eigenvalue weighted by Gasteiger charge is 2.33. The van der Waals surface area contributed by atoms with Gasteiger partial charge in [-0.15, -0.1) is 0 Å². The number of carbonyl (C=O) groups is 1. The molecule has 1 aliphatic heterocycles. The number of halogens is 3. The standard InChI is InChI=1S/C22H25F3N2O3/c1-21(2,3)30-20(28)27(4)11-15-12-29-13-18-16(6-5-7-17(15)18)14-8-9-26-19(10-14)22(23,24)25/h5-10,15H,11-13H2,1-4H3/t15-/m1/s1. The van der Waals surface area contributed by atoms with Crippen molar-refractivity contribution in [3.63, 3.8) is 0 Å². The van der Waals surface area contributed by atoms with Gasteiger partial charge in [-0.1, -0.05) is 18.2 Å². The van der Waals surface area contributed by atoms with Gasteiger partial charge in [0.2, 0.25) is 0 Å². The number of alkyl halides is 3. The normalized spacial score (nSPS) is 16.7. The highest BCUT2D eigenvalue weighted by Crippen LogP contribution is 2.36. The number of aromatic nitrogens is 1. The molecule has 1 aromatic carbocycles. The lowest BCUT2D eigenvalue weighted by Crippen LogP contribution is -2.38. The molecule has 0 saturated heterocycles. The van der Waals surface area contributed by atoms with Gasteiger partial charge in [-0.3, -0.25) is 4.98 Å². The minimum absolute atomic E-state index is 0.116. The number of amides is 1. The molecule has 8 heteroatoms. The highest BCUT2D eigenvalue weighted by atomic mass is 19.4. The molecule has 1 aliphatic rings. The monoisotopic (exact) mass is 422 g/mol. The van der Waals surface area contributed by atoms with Crippen LogP contribution in [0.3, 0.4) is 0 Å². The summed E-state index contributed by atoms with van der Waals surface area (Å²) in [5, 5.41) is 0. The number of carbonyl (C=O) groups excluding carboxylic acids is 1. The molecule has 1 aromatic heterocycles. The van der Waals surface area contributed by atoms with Crippen molar-refractivity contribution in [2.24, 2.45) is 0 Å². The molecule has 30 heavy (non-hydrogen) atoms. The number of hydrogen-bond acceptors (Lipinski definition) is 4. The molecule has 0 radical (unpaired) electrons. The van der Waals surface area contributed by atoms with Gasteiger partial charge in [0.25, 0.3) is 0 Å². The van der Waals surface area contributed by atoms with Crippen LogP contribution in [0.5, 0.6) is 0 Å². The molecule has 3 rings (SSSR count). The maximum Gasteiger partial charge on any atom is 0.433 e. The Hall–Kier alpha value is -2.61. The summed E-state index contributed by atoms with van der Waals surface area (Å²) in [6, 6.07) is 8.12. The van der Waals surface area contributed by atoms with Gasteiger partial charge in [0.15, 0.2) is 0 Å². The van der Waals surface area contributed by atoms with Gasteiger partial charge in [-0.05, 0) is 55.2 Å². The molecule has 162 valence electrons. The van der Waals surface area contributed by atoms with Crippen molar-refractivity contribution in [2.45, 2.75) is 45.1 Å². The van der Waals surface area contributed by atoms with Crippen molar-refractivity contribution in [3.8, 4) is 11.1 Å². The van der Waals surface area contributed by atoms with E-state index in [1.54, 1.807) is 40.0 Å². The van der Waals surface area contributed by atoms with Gasteiger partial charge in [0.05, 0.1) is 13.2 Å². The zero-order chi connectivity index (χ0) is 22.1. The van der Waals surface area contributed by atoms with Crippen molar-refractivity contribution >= 4 is 6.09 Å². The topological polar surface area (TPSA) is 51.7 Å². The smallest absolute Gasteiger partial charge is 0.433 e. The number of benzene rings is 1. The fourth-order valence-electron chi connectivity index (χ4n) is 3.46. The molecule has 0 bridgehead atoms. The van der Waals surface area contributed by atoms with E-state index in [0.717, 1.165) is 23.4 Å². The lowest BCUT2D eigenvalue weighted by molar-refractivity contribution is -0.141. The van der Waals surface area contributed by atoms with Crippen LogP contribution in [-0.4, -0.2) is 41.8 Å². The second kappa shape index (κ2) is 8.26. The Morgan fingerprint density at radius 1 is 1.27 bits per heavy atom. The molecule has 5 nitrogen and oxygen atoms in total. The van der Waals surface area contributed by atoms with Crippen LogP contribution in [-0.2, 0) is 22.3 Å². The van der Waals surface area contributed by atoms with Crippen molar-refractivity contribution in [2.75, 3.05) is 20.2 Å². The number of rotatable bonds is 3. The molecule has 1 amide bonds. The number of hydrogen-bond donors (Lipinski definition) is 0. The van der Waals surface area contributed by atoms with E-state index in [4.69, 9.17) is 9.47 Å². The van der Waals surface area contributed by atoms with Crippen LogP contribution in [0, 0.1) is 0 Å². The molecule has 0 aliphatic carbocycles. The van der Waals surface area contributed by atoms with E-state index in [1.807, 2.05) is 12.1 Å². The van der Waals surface area contributed by atoms with Crippen LogP contribution in [0.1, 0.15) is 43.5 Å². The maximum atomic E-state index is 13.1. The van der Waals surface area contributed by atoms with E-state index in [-0.39, 0.29) is 5.92 Å². The zero-order valence-corrected chi connectivity index (χ0v) is 17.4. The van der Waals surface area contributed by atoms with Crippen LogP contribution < -0.4 is 0 Å². The van der Waals surface area contributed by atoms with Gasteiger partial charge in [-0.2, -0.15) is 13.2 Å². The van der Waals surface area contributed by atoms with Crippen LogP contribution in [0.4, 0.5) is 18.0 Å². The Balaban J connectivity index is 1.89. The second-order valence-corrected chi connectivity index (χ2v) is 8.37. The molecule has 0 N–H and O–H groups in total. The highest BCUT2D eigenvalue weighted by molar-refractivity contribution is 5.70. The lowest BCUT2D eigenvalue weighted by Gasteiger charge is -2.31. The average Bonchev–Trinajstić information content (AvgIpc) is 2.66. The Kier molecular flexibility index (Phi) is 6.08. The molecule has 0 unspecified atom stereocenters. The minimum atomic E-state index is -4.51. The van der Waals surface area contributed by atoms with Crippen LogP contribution in [0.2, 0.25) is 0 Å². The van der Waals surface area contributed by atoms with Crippen LogP contribution in [0.15, 0.2) is 36.5 Å². The van der Waals surface area contributed by atoms with E-state index in [2.05, 4.69) is 4.98 Å². The maximum absolute atomic E-state index is 13.1. The SMILES string of the molecule is CN(C[C@@H]1COCc2c(-c3ccnc(C(F)(F)F)c3)cccc21)C(=O)OC(C)(C)C. The minimum Gasteiger partial charge on any atom is -0.444 e. The molecule has 2 heterocycles. The summed E-state index contributed by atoms with van der Waals surface area (Å²) >= 11 is 0. The summed E-state index contributed by atoms with van der Waals surface area (Å²) in [6.07, 6.45) is -3.79. The molecule has 1 atom stereocenters.